The van der Waals surface area contributed by atoms with Gasteiger partial charge in [0.05, 0.1) is 0 Å². The quantitative estimate of drug-likeness (QED) is 0.396. The first-order chi connectivity index (χ1) is 13.1. The van der Waals surface area contributed by atoms with Gasteiger partial charge in [0.1, 0.15) is 6.54 Å². The first kappa shape index (κ1) is 21.4. The van der Waals surface area contributed by atoms with Crippen molar-refractivity contribution in [1.29, 1.82) is 0 Å². The lowest BCUT2D eigenvalue weighted by molar-refractivity contribution is -0.127. The number of rotatable bonds is 4. The number of hydrogen-bond acceptors (Lipinski definition) is 2. The number of carbonyl (C=O) groups excluding carboxylic acids is 1. The third-order valence-corrected chi connectivity index (χ3v) is 6.67. The molecule has 1 amide bonds. The Morgan fingerprint density at radius 2 is 1.96 bits per heavy atom. The molecule has 2 aliphatic carbocycles. The molecular weight excluding hydrogens is 463 g/mol. The standard InChI is InChI=1S/C22H32N4O.HI/c1-25(2)21(27)14-23-22(24-20-13-16-8-9-18(20)12-16)26-11-10-19(15-26)17-6-4-3-5-7-17;/h3-7,16,18-20H,8-15H2,1-2H3,(H,23,24);1H. The van der Waals surface area contributed by atoms with Gasteiger partial charge in [-0.3, -0.25) is 4.79 Å². The number of fused-ring (bicyclic) bond motifs is 2. The van der Waals surface area contributed by atoms with Crippen molar-refractivity contribution in [2.24, 2.45) is 16.8 Å². The van der Waals surface area contributed by atoms with Crippen LogP contribution in [0.5, 0.6) is 0 Å². The Morgan fingerprint density at radius 3 is 2.61 bits per heavy atom. The molecule has 2 bridgehead atoms. The zero-order valence-electron chi connectivity index (χ0n) is 17.0. The number of likely N-dealkylation sites (N-methyl/N-ethyl adjacent to an activating group) is 1. The van der Waals surface area contributed by atoms with Gasteiger partial charge in [0, 0.05) is 39.1 Å². The molecule has 3 fully saturated rings. The highest BCUT2D eigenvalue weighted by molar-refractivity contribution is 14.0. The summed E-state index contributed by atoms with van der Waals surface area (Å²) >= 11 is 0. The predicted molar refractivity (Wildman–Crippen MR) is 124 cm³/mol. The second kappa shape index (κ2) is 9.46. The third kappa shape index (κ3) is 4.81. The van der Waals surface area contributed by atoms with Crippen LogP contribution in [0.1, 0.15) is 43.6 Å². The van der Waals surface area contributed by atoms with Crippen LogP contribution in [-0.2, 0) is 4.79 Å². The van der Waals surface area contributed by atoms with Crippen molar-refractivity contribution in [3.63, 3.8) is 0 Å². The van der Waals surface area contributed by atoms with E-state index in [0.717, 1.165) is 37.3 Å². The SMILES string of the molecule is CN(C)C(=O)CN=C(NC1CC2CCC1C2)N1CCC(c2ccccc2)C1.I. The van der Waals surface area contributed by atoms with Crippen molar-refractivity contribution in [3.8, 4) is 0 Å². The minimum Gasteiger partial charge on any atom is -0.353 e. The van der Waals surface area contributed by atoms with Gasteiger partial charge in [-0.1, -0.05) is 36.8 Å². The summed E-state index contributed by atoms with van der Waals surface area (Å²) in [5.74, 6) is 3.23. The number of aliphatic imine (C=N–C) groups is 1. The largest absolute Gasteiger partial charge is 0.353 e. The van der Waals surface area contributed by atoms with E-state index < -0.39 is 0 Å². The summed E-state index contributed by atoms with van der Waals surface area (Å²) in [7, 11) is 3.59. The number of guanidine groups is 1. The van der Waals surface area contributed by atoms with Gasteiger partial charge in [-0.05, 0) is 43.1 Å². The van der Waals surface area contributed by atoms with E-state index in [2.05, 4.69) is 40.5 Å². The van der Waals surface area contributed by atoms with Crippen LogP contribution in [0.15, 0.2) is 35.3 Å². The highest BCUT2D eigenvalue weighted by atomic mass is 127. The summed E-state index contributed by atoms with van der Waals surface area (Å²) in [4.78, 5) is 20.8. The van der Waals surface area contributed by atoms with E-state index in [4.69, 9.17) is 4.99 Å². The van der Waals surface area contributed by atoms with E-state index >= 15 is 0 Å². The molecule has 4 unspecified atom stereocenters. The number of carbonyl (C=O) groups is 1. The predicted octanol–water partition coefficient (Wildman–Crippen LogP) is 3.32. The van der Waals surface area contributed by atoms with Crippen LogP contribution in [-0.4, -0.2) is 61.4 Å². The first-order valence-electron chi connectivity index (χ1n) is 10.4. The molecule has 2 saturated carbocycles. The van der Waals surface area contributed by atoms with Crippen molar-refractivity contribution in [3.05, 3.63) is 35.9 Å². The molecule has 0 spiro atoms. The summed E-state index contributed by atoms with van der Waals surface area (Å²) in [6.45, 7) is 2.21. The lowest BCUT2D eigenvalue weighted by Crippen LogP contribution is -2.47. The molecule has 1 saturated heterocycles. The summed E-state index contributed by atoms with van der Waals surface area (Å²) in [5.41, 5.74) is 1.41. The Bertz CT molecular complexity index is 693. The fourth-order valence-corrected chi connectivity index (χ4v) is 5.06. The molecule has 0 radical (unpaired) electrons. The summed E-state index contributed by atoms with van der Waals surface area (Å²) in [5, 5.41) is 3.76. The van der Waals surface area contributed by atoms with Gasteiger partial charge >= 0.3 is 0 Å². The highest BCUT2D eigenvalue weighted by Gasteiger charge is 2.40. The van der Waals surface area contributed by atoms with Crippen LogP contribution in [0.25, 0.3) is 0 Å². The van der Waals surface area contributed by atoms with Crippen LogP contribution in [0, 0.1) is 11.8 Å². The maximum atomic E-state index is 12.1. The zero-order valence-corrected chi connectivity index (χ0v) is 19.3. The Labute approximate surface area is 186 Å². The molecule has 1 aliphatic heterocycles. The van der Waals surface area contributed by atoms with Crippen LogP contribution in [0.2, 0.25) is 0 Å². The van der Waals surface area contributed by atoms with Gasteiger partial charge in [0.15, 0.2) is 5.96 Å². The minimum atomic E-state index is 0. The summed E-state index contributed by atoms with van der Waals surface area (Å²) in [6.07, 6.45) is 6.52. The molecule has 154 valence electrons. The topological polar surface area (TPSA) is 47.9 Å². The molecule has 6 heteroatoms. The first-order valence-corrected chi connectivity index (χ1v) is 10.4. The normalized spacial score (nSPS) is 28.9. The average Bonchev–Trinajstić information content (AvgIpc) is 3.42. The fraction of sp³-hybridized carbons (Fsp3) is 0.636. The molecule has 1 aromatic carbocycles. The molecule has 1 aromatic rings. The van der Waals surface area contributed by atoms with Crippen molar-refractivity contribution in [2.75, 3.05) is 33.7 Å². The van der Waals surface area contributed by atoms with Crippen molar-refractivity contribution >= 4 is 35.8 Å². The molecule has 5 nitrogen and oxygen atoms in total. The third-order valence-electron chi connectivity index (χ3n) is 6.67. The van der Waals surface area contributed by atoms with Crippen LogP contribution < -0.4 is 5.32 Å². The maximum absolute atomic E-state index is 12.1. The van der Waals surface area contributed by atoms with Gasteiger partial charge in [0.25, 0.3) is 0 Å². The minimum absolute atomic E-state index is 0. The van der Waals surface area contributed by atoms with E-state index in [1.807, 2.05) is 0 Å². The van der Waals surface area contributed by atoms with Gasteiger partial charge in [-0.15, -0.1) is 24.0 Å². The molecule has 0 aromatic heterocycles. The van der Waals surface area contributed by atoms with Crippen molar-refractivity contribution < 1.29 is 4.79 Å². The summed E-state index contributed by atoms with van der Waals surface area (Å²) < 4.78 is 0. The lowest BCUT2D eigenvalue weighted by atomic mass is 9.95. The Kier molecular flexibility index (Phi) is 7.23. The molecule has 3 aliphatic rings. The van der Waals surface area contributed by atoms with Crippen LogP contribution in [0.4, 0.5) is 0 Å². The second-order valence-electron chi connectivity index (χ2n) is 8.70. The van der Waals surface area contributed by atoms with Gasteiger partial charge in [-0.2, -0.15) is 0 Å². The number of likely N-dealkylation sites (tertiary alicyclic amines) is 1. The van der Waals surface area contributed by atoms with E-state index in [1.54, 1.807) is 19.0 Å². The van der Waals surface area contributed by atoms with Crippen LogP contribution in [0.3, 0.4) is 0 Å². The molecule has 4 rings (SSSR count). The number of hydrogen-bond donors (Lipinski definition) is 1. The van der Waals surface area contributed by atoms with Gasteiger partial charge in [-0.25, -0.2) is 4.99 Å². The summed E-state index contributed by atoms with van der Waals surface area (Å²) in [6, 6.07) is 11.3. The molecule has 1 N–H and O–H groups in total. The highest BCUT2D eigenvalue weighted by Crippen LogP contribution is 2.44. The molecular formula is C22H33IN4O. The van der Waals surface area contributed by atoms with Crippen molar-refractivity contribution in [1.82, 2.24) is 15.1 Å². The smallest absolute Gasteiger partial charge is 0.243 e. The number of halogens is 1. The number of benzene rings is 1. The number of nitrogens with zero attached hydrogens (tertiary/aromatic N) is 3. The van der Waals surface area contributed by atoms with E-state index in [0.29, 0.717) is 12.0 Å². The lowest BCUT2D eigenvalue weighted by Gasteiger charge is -2.29. The van der Waals surface area contributed by atoms with Crippen LogP contribution >= 0.6 is 24.0 Å². The maximum Gasteiger partial charge on any atom is 0.243 e. The monoisotopic (exact) mass is 496 g/mol. The van der Waals surface area contributed by atoms with Gasteiger partial charge < -0.3 is 15.1 Å². The van der Waals surface area contributed by atoms with E-state index in [-0.39, 0.29) is 36.4 Å². The Morgan fingerprint density at radius 1 is 1.18 bits per heavy atom. The molecule has 1 heterocycles. The zero-order chi connectivity index (χ0) is 18.8. The molecule has 4 atom stereocenters. The van der Waals surface area contributed by atoms with Gasteiger partial charge in [0.2, 0.25) is 5.91 Å². The second-order valence-corrected chi connectivity index (χ2v) is 8.70. The average molecular weight is 496 g/mol. The van der Waals surface area contributed by atoms with Crippen molar-refractivity contribution in [2.45, 2.75) is 44.1 Å². The Balaban J connectivity index is 0.00000225. The number of amides is 1. The number of nitrogens with one attached hydrogen (secondary N) is 1. The Hall–Kier alpha value is -1.31. The fourth-order valence-electron chi connectivity index (χ4n) is 5.06. The molecule has 28 heavy (non-hydrogen) atoms. The van der Waals surface area contributed by atoms with E-state index in [9.17, 15) is 4.79 Å². The van der Waals surface area contributed by atoms with E-state index in [1.165, 1.54) is 31.2 Å².